The van der Waals surface area contributed by atoms with Crippen molar-refractivity contribution in [3.8, 4) is 0 Å². The number of nitrogens with two attached hydrogens (primary N) is 1. The summed E-state index contributed by atoms with van der Waals surface area (Å²) in [6.45, 7) is 1.89. The lowest BCUT2D eigenvalue weighted by atomic mass is 9.93. The SMILES string of the molecule is NCCc1nc(C(=O)N2CCCC(CCC(=O)O)C2)cs1. The van der Waals surface area contributed by atoms with E-state index in [1.54, 1.807) is 10.3 Å². The van der Waals surface area contributed by atoms with Gasteiger partial charge >= 0.3 is 5.97 Å². The molecule has 0 radical (unpaired) electrons. The molecule has 0 saturated carbocycles. The zero-order chi connectivity index (χ0) is 15.2. The van der Waals surface area contributed by atoms with Gasteiger partial charge < -0.3 is 15.7 Å². The Hall–Kier alpha value is -1.47. The highest BCUT2D eigenvalue weighted by Gasteiger charge is 2.26. The molecule has 1 amide bonds. The largest absolute Gasteiger partial charge is 0.481 e. The van der Waals surface area contributed by atoms with E-state index in [-0.39, 0.29) is 18.2 Å². The topological polar surface area (TPSA) is 96.5 Å². The van der Waals surface area contributed by atoms with E-state index in [9.17, 15) is 9.59 Å². The van der Waals surface area contributed by atoms with Crippen LogP contribution in [-0.2, 0) is 11.2 Å². The van der Waals surface area contributed by atoms with Gasteiger partial charge in [0, 0.05) is 31.3 Å². The summed E-state index contributed by atoms with van der Waals surface area (Å²) in [6, 6.07) is 0. The van der Waals surface area contributed by atoms with Crippen molar-refractivity contribution < 1.29 is 14.7 Å². The van der Waals surface area contributed by atoms with Gasteiger partial charge in [-0.05, 0) is 31.7 Å². The van der Waals surface area contributed by atoms with Crippen LogP contribution >= 0.6 is 11.3 Å². The normalized spacial score (nSPS) is 18.7. The van der Waals surface area contributed by atoms with E-state index < -0.39 is 5.97 Å². The van der Waals surface area contributed by atoms with Gasteiger partial charge in [-0.3, -0.25) is 9.59 Å². The minimum atomic E-state index is -0.774. The quantitative estimate of drug-likeness (QED) is 0.827. The number of hydrogen-bond acceptors (Lipinski definition) is 5. The Bertz CT molecular complexity index is 503. The second-order valence-corrected chi connectivity index (χ2v) is 6.30. The third-order valence-electron chi connectivity index (χ3n) is 3.70. The zero-order valence-electron chi connectivity index (χ0n) is 12.0. The fourth-order valence-corrected chi connectivity index (χ4v) is 3.41. The molecule has 1 aliphatic rings. The molecule has 0 aromatic carbocycles. The predicted octanol–water partition coefficient (Wildman–Crippen LogP) is 1.36. The Morgan fingerprint density at radius 2 is 2.33 bits per heavy atom. The Balaban J connectivity index is 1.93. The summed E-state index contributed by atoms with van der Waals surface area (Å²) in [5.41, 5.74) is 5.98. The summed E-state index contributed by atoms with van der Waals surface area (Å²) < 4.78 is 0. The van der Waals surface area contributed by atoms with Gasteiger partial charge in [-0.15, -0.1) is 11.3 Å². The zero-order valence-corrected chi connectivity index (χ0v) is 12.8. The van der Waals surface area contributed by atoms with Crippen LogP contribution in [0.4, 0.5) is 0 Å². The summed E-state index contributed by atoms with van der Waals surface area (Å²) in [5, 5.41) is 11.4. The lowest BCUT2D eigenvalue weighted by Crippen LogP contribution is -2.40. The van der Waals surface area contributed by atoms with Crippen LogP contribution in [-0.4, -0.2) is 46.5 Å². The van der Waals surface area contributed by atoms with Crippen molar-refractivity contribution in [2.45, 2.75) is 32.1 Å². The Morgan fingerprint density at radius 1 is 1.52 bits per heavy atom. The molecule has 0 spiro atoms. The van der Waals surface area contributed by atoms with Crippen molar-refractivity contribution in [1.29, 1.82) is 0 Å². The number of likely N-dealkylation sites (tertiary alicyclic amines) is 1. The molecule has 3 N–H and O–H groups in total. The number of piperidine rings is 1. The Morgan fingerprint density at radius 3 is 3.05 bits per heavy atom. The predicted molar refractivity (Wildman–Crippen MR) is 80.4 cm³/mol. The number of aliphatic carboxylic acids is 1. The molecule has 6 nitrogen and oxygen atoms in total. The average molecular weight is 311 g/mol. The smallest absolute Gasteiger partial charge is 0.303 e. The molecule has 0 bridgehead atoms. The van der Waals surface area contributed by atoms with Crippen molar-refractivity contribution >= 4 is 23.2 Å². The van der Waals surface area contributed by atoms with Gasteiger partial charge in [0.1, 0.15) is 5.69 Å². The summed E-state index contributed by atoms with van der Waals surface area (Å²) in [6.07, 6.45) is 3.42. The Labute approximate surface area is 128 Å². The molecule has 21 heavy (non-hydrogen) atoms. The van der Waals surface area contributed by atoms with Crippen LogP contribution in [0.15, 0.2) is 5.38 Å². The van der Waals surface area contributed by atoms with Crippen LogP contribution < -0.4 is 5.73 Å². The van der Waals surface area contributed by atoms with Crippen LogP contribution in [0.5, 0.6) is 0 Å². The third kappa shape index (κ3) is 4.50. The van der Waals surface area contributed by atoms with E-state index in [4.69, 9.17) is 10.8 Å². The first-order chi connectivity index (χ1) is 10.1. The molecule has 7 heteroatoms. The summed E-state index contributed by atoms with van der Waals surface area (Å²) >= 11 is 1.47. The molecule has 2 heterocycles. The maximum Gasteiger partial charge on any atom is 0.303 e. The van der Waals surface area contributed by atoms with E-state index in [1.165, 1.54) is 11.3 Å². The van der Waals surface area contributed by atoms with Crippen molar-refractivity contribution in [2.75, 3.05) is 19.6 Å². The van der Waals surface area contributed by atoms with Crippen molar-refractivity contribution in [2.24, 2.45) is 11.7 Å². The van der Waals surface area contributed by atoms with E-state index in [0.717, 1.165) is 24.4 Å². The fraction of sp³-hybridized carbons (Fsp3) is 0.643. The van der Waals surface area contributed by atoms with Gasteiger partial charge in [-0.2, -0.15) is 0 Å². The van der Waals surface area contributed by atoms with E-state index in [2.05, 4.69) is 4.98 Å². The molecule has 116 valence electrons. The molecule has 0 aliphatic carbocycles. The number of carbonyl (C=O) groups excluding carboxylic acids is 1. The van der Waals surface area contributed by atoms with Crippen LogP contribution in [0.2, 0.25) is 0 Å². The maximum absolute atomic E-state index is 12.4. The number of aromatic nitrogens is 1. The highest BCUT2D eigenvalue weighted by atomic mass is 32.1. The van der Waals surface area contributed by atoms with Crippen molar-refractivity contribution in [3.63, 3.8) is 0 Å². The molecular weight excluding hydrogens is 290 g/mol. The molecule has 1 unspecified atom stereocenters. The highest BCUT2D eigenvalue weighted by molar-refractivity contribution is 7.09. The van der Waals surface area contributed by atoms with E-state index in [1.807, 2.05) is 0 Å². The molecule has 1 fully saturated rings. The summed E-state index contributed by atoms with van der Waals surface area (Å²) in [7, 11) is 0. The van der Waals surface area contributed by atoms with Gasteiger partial charge in [0.15, 0.2) is 0 Å². The second kappa shape index (κ2) is 7.51. The standard InChI is InChI=1S/C14H21N3O3S/c15-6-5-12-16-11(9-21-12)14(20)17-7-1-2-10(8-17)3-4-13(18)19/h9-10H,1-8,15H2,(H,18,19). The van der Waals surface area contributed by atoms with Crippen LogP contribution in [0.25, 0.3) is 0 Å². The first kappa shape index (κ1) is 15.9. The third-order valence-corrected chi connectivity index (χ3v) is 4.61. The van der Waals surface area contributed by atoms with Crippen molar-refractivity contribution in [3.05, 3.63) is 16.1 Å². The average Bonchev–Trinajstić information content (AvgIpc) is 2.94. The molecule has 1 aliphatic heterocycles. The number of carbonyl (C=O) groups is 2. The lowest BCUT2D eigenvalue weighted by molar-refractivity contribution is -0.137. The minimum Gasteiger partial charge on any atom is -0.481 e. The molecular formula is C14H21N3O3S. The van der Waals surface area contributed by atoms with Crippen LogP contribution in [0.1, 0.15) is 41.2 Å². The number of hydrogen-bond donors (Lipinski definition) is 2. The first-order valence-corrected chi connectivity index (χ1v) is 8.13. The molecule has 1 atom stereocenters. The number of thiazole rings is 1. The number of amides is 1. The molecule has 2 rings (SSSR count). The monoisotopic (exact) mass is 311 g/mol. The molecule has 1 saturated heterocycles. The van der Waals surface area contributed by atoms with E-state index in [0.29, 0.717) is 31.6 Å². The first-order valence-electron chi connectivity index (χ1n) is 7.25. The van der Waals surface area contributed by atoms with Gasteiger partial charge in [0.05, 0.1) is 5.01 Å². The van der Waals surface area contributed by atoms with Gasteiger partial charge in [0.2, 0.25) is 0 Å². The summed E-state index contributed by atoms with van der Waals surface area (Å²) in [4.78, 5) is 29.2. The van der Waals surface area contributed by atoms with Gasteiger partial charge in [0.25, 0.3) is 5.91 Å². The van der Waals surface area contributed by atoms with Gasteiger partial charge in [-0.1, -0.05) is 0 Å². The Kier molecular flexibility index (Phi) is 5.69. The van der Waals surface area contributed by atoms with E-state index >= 15 is 0 Å². The molecule has 1 aromatic heterocycles. The van der Waals surface area contributed by atoms with Crippen molar-refractivity contribution in [1.82, 2.24) is 9.88 Å². The highest BCUT2D eigenvalue weighted by Crippen LogP contribution is 2.23. The number of nitrogens with zero attached hydrogens (tertiary/aromatic N) is 2. The maximum atomic E-state index is 12.4. The number of carboxylic acid groups (broad SMARTS) is 1. The number of carboxylic acids is 1. The van der Waals surface area contributed by atoms with Crippen LogP contribution in [0.3, 0.4) is 0 Å². The second-order valence-electron chi connectivity index (χ2n) is 5.36. The molecule has 1 aromatic rings. The summed E-state index contributed by atoms with van der Waals surface area (Å²) in [5.74, 6) is -0.542. The fourth-order valence-electron chi connectivity index (χ4n) is 2.62. The minimum absolute atomic E-state index is 0.0467. The number of rotatable bonds is 6. The van der Waals surface area contributed by atoms with Gasteiger partial charge in [-0.25, -0.2) is 4.98 Å². The lowest BCUT2D eigenvalue weighted by Gasteiger charge is -2.32. The van der Waals surface area contributed by atoms with Crippen LogP contribution in [0, 0.1) is 5.92 Å².